The molecular formula is C18H20ClNO3S. The van der Waals surface area contributed by atoms with E-state index >= 15 is 0 Å². The molecule has 0 bridgehead atoms. The molecule has 0 radical (unpaired) electrons. The average molecular weight is 366 g/mol. The summed E-state index contributed by atoms with van der Waals surface area (Å²) in [7, 11) is 3.18. The molecule has 0 aromatic heterocycles. The summed E-state index contributed by atoms with van der Waals surface area (Å²) < 4.78 is 10.6. The van der Waals surface area contributed by atoms with Crippen molar-refractivity contribution in [2.75, 3.05) is 20.0 Å². The van der Waals surface area contributed by atoms with Crippen molar-refractivity contribution in [2.24, 2.45) is 0 Å². The fourth-order valence-corrected chi connectivity index (χ4v) is 3.38. The fourth-order valence-electron chi connectivity index (χ4n) is 2.19. The maximum absolute atomic E-state index is 12.0. The largest absolute Gasteiger partial charge is 0.493 e. The number of rotatable bonds is 8. The first-order valence-corrected chi connectivity index (χ1v) is 8.86. The van der Waals surface area contributed by atoms with Crippen LogP contribution in [0.3, 0.4) is 0 Å². The summed E-state index contributed by atoms with van der Waals surface area (Å²) in [5, 5.41) is 3.62. The molecule has 0 aliphatic carbocycles. The summed E-state index contributed by atoms with van der Waals surface area (Å²) in [5.41, 5.74) is 0.879. The molecule has 0 saturated heterocycles. The lowest BCUT2D eigenvalue weighted by molar-refractivity contribution is -0.120. The van der Waals surface area contributed by atoms with Crippen LogP contribution in [0.1, 0.15) is 12.0 Å². The van der Waals surface area contributed by atoms with Crippen molar-refractivity contribution in [3.05, 3.63) is 53.1 Å². The zero-order valence-corrected chi connectivity index (χ0v) is 15.2. The Morgan fingerprint density at radius 2 is 1.92 bits per heavy atom. The maximum Gasteiger partial charge on any atom is 0.221 e. The Morgan fingerprint density at radius 1 is 1.12 bits per heavy atom. The summed E-state index contributed by atoms with van der Waals surface area (Å²) in [5.74, 6) is 1.95. The van der Waals surface area contributed by atoms with Crippen molar-refractivity contribution < 1.29 is 14.3 Å². The van der Waals surface area contributed by atoms with Gasteiger partial charge in [0.25, 0.3) is 0 Å². The van der Waals surface area contributed by atoms with Crippen molar-refractivity contribution in [3.63, 3.8) is 0 Å². The molecule has 0 aliphatic rings. The smallest absolute Gasteiger partial charge is 0.221 e. The van der Waals surface area contributed by atoms with Crippen LogP contribution >= 0.6 is 23.4 Å². The summed E-state index contributed by atoms with van der Waals surface area (Å²) in [6.45, 7) is 0.399. The van der Waals surface area contributed by atoms with Gasteiger partial charge in [-0.05, 0) is 18.2 Å². The molecule has 4 nitrogen and oxygen atoms in total. The predicted molar refractivity (Wildman–Crippen MR) is 98.2 cm³/mol. The quantitative estimate of drug-likeness (QED) is 0.714. The molecule has 0 aliphatic heterocycles. The number of para-hydroxylation sites is 1. The summed E-state index contributed by atoms with van der Waals surface area (Å²) >= 11 is 7.67. The number of halogens is 1. The van der Waals surface area contributed by atoms with Gasteiger partial charge in [0.2, 0.25) is 5.91 Å². The van der Waals surface area contributed by atoms with E-state index in [9.17, 15) is 4.79 Å². The van der Waals surface area contributed by atoms with Crippen molar-refractivity contribution >= 4 is 29.3 Å². The monoisotopic (exact) mass is 365 g/mol. The van der Waals surface area contributed by atoms with Crippen LogP contribution in [-0.4, -0.2) is 25.9 Å². The van der Waals surface area contributed by atoms with Gasteiger partial charge in [-0.3, -0.25) is 4.79 Å². The number of carbonyl (C=O) groups is 1. The van der Waals surface area contributed by atoms with E-state index in [4.69, 9.17) is 21.1 Å². The van der Waals surface area contributed by atoms with E-state index in [0.29, 0.717) is 35.2 Å². The van der Waals surface area contributed by atoms with Crippen LogP contribution in [0, 0.1) is 0 Å². The SMILES string of the molecule is COc1cccc(CNC(=O)CCSc2ccccc2Cl)c1OC. The van der Waals surface area contributed by atoms with Crippen molar-refractivity contribution in [1.82, 2.24) is 5.32 Å². The third-order valence-corrected chi connectivity index (χ3v) is 4.90. The third-order valence-electron chi connectivity index (χ3n) is 3.38. The number of nitrogens with one attached hydrogen (secondary N) is 1. The highest BCUT2D eigenvalue weighted by atomic mass is 35.5. The number of thioether (sulfide) groups is 1. The van der Waals surface area contributed by atoms with Crippen LogP contribution in [0.5, 0.6) is 11.5 Å². The highest BCUT2D eigenvalue weighted by molar-refractivity contribution is 7.99. The highest BCUT2D eigenvalue weighted by Gasteiger charge is 2.10. The molecule has 0 unspecified atom stereocenters. The van der Waals surface area contributed by atoms with Crippen LogP contribution in [0.2, 0.25) is 5.02 Å². The lowest BCUT2D eigenvalue weighted by atomic mass is 10.2. The number of hydrogen-bond donors (Lipinski definition) is 1. The summed E-state index contributed by atoms with van der Waals surface area (Å²) in [6.07, 6.45) is 0.419. The predicted octanol–water partition coefficient (Wildman–Crippen LogP) is 4.16. The van der Waals surface area contributed by atoms with Gasteiger partial charge < -0.3 is 14.8 Å². The first kappa shape index (κ1) is 18.5. The van der Waals surface area contributed by atoms with Gasteiger partial charge in [0.15, 0.2) is 11.5 Å². The van der Waals surface area contributed by atoms with Gasteiger partial charge in [0.05, 0.1) is 19.2 Å². The van der Waals surface area contributed by atoms with Crippen molar-refractivity contribution in [1.29, 1.82) is 0 Å². The highest BCUT2D eigenvalue weighted by Crippen LogP contribution is 2.30. The molecule has 2 rings (SSSR count). The number of amides is 1. The Hall–Kier alpha value is -1.85. The van der Waals surface area contributed by atoms with Gasteiger partial charge in [-0.15, -0.1) is 11.8 Å². The molecule has 0 fully saturated rings. The van der Waals surface area contributed by atoms with Gasteiger partial charge in [-0.2, -0.15) is 0 Å². The molecule has 6 heteroatoms. The number of carbonyl (C=O) groups excluding carboxylic acids is 1. The van der Waals surface area contributed by atoms with E-state index in [0.717, 1.165) is 10.5 Å². The Bertz CT molecular complexity index is 694. The molecule has 0 spiro atoms. The zero-order valence-electron chi connectivity index (χ0n) is 13.7. The van der Waals surface area contributed by atoms with Crippen LogP contribution in [0.25, 0.3) is 0 Å². The molecule has 24 heavy (non-hydrogen) atoms. The Kier molecular flexibility index (Phi) is 7.28. The number of hydrogen-bond acceptors (Lipinski definition) is 4. The van der Waals surface area contributed by atoms with Crippen molar-refractivity contribution in [2.45, 2.75) is 17.9 Å². The second kappa shape index (κ2) is 9.45. The topological polar surface area (TPSA) is 47.6 Å². The average Bonchev–Trinajstić information content (AvgIpc) is 2.61. The Balaban J connectivity index is 1.82. The molecular weight excluding hydrogens is 346 g/mol. The van der Waals surface area contributed by atoms with E-state index in [2.05, 4.69) is 5.32 Å². The zero-order chi connectivity index (χ0) is 17.4. The van der Waals surface area contributed by atoms with E-state index in [-0.39, 0.29) is 5.91 Å². The Morgan fingerprint density at radius 3 is 2.62 bits per heavy atom. The van der Waals surface area contributed by atoms with Crippen LogP contribution in [0.4, 0.5) is 0 Å². The van der Waals surface area contributed by atoms with Crippen molar-refractivity contribution in [3.8, 4) is 11.5 Å². The number of methoxy groups -OCH3 is 2. The molecule has 2 aromatic rings. The second-order valence-corrected chi connectivity index (χ2v) is 6.50. The molecule has 128 valence electrons. The normalized spacial score (nSPS) is 10.3. The molecule has 0 saturated carbocycles. The van der Waals surface area contributed by atoms with E-state index in [1.54, 1.807) is 26.0 Å². The minimum atomic E-state index is -0.0144. The first-order valence-electron chi connectivity index (χ1n) is 7.49. The molecule has 1 N–H and O–H groups in total. The second-order valence-electron chi connectivity index (χ2n) is 4.96. The summed E-state index contributed by atoms with van der Waals surface area (Å²) in [6, 6.07) is 13.2. The minimum Gasteiger partial charge on any atom is -0.493 e. The molecule has 0 atom stereocenters. The number of benzene rings is 2. The van der Waals surface area contributed by atoms with Gasteiger partial charge in [0.1, 0.15) is 0 Å². The van der Waals surface area contributed by atoms with Crippen LogP contribution in [0.15, 0.2) is 47.4 Å². The third kappa shape index (κ3) is 5.08. The standard InChI is InChI=1S/C18H20ClNO3S/c1-22-15-8-5-6-13(18(15)23-2)12-20-17(21)10-11-24-16-9-4-3-7-14(16)19/h3-9H,10-12H2,1-2H3,(H,20,21). The molecule has 0 heterocycles. The lowest BCUT2D eigenvalue weighted by Crippen LogP contribution is -2.23. The van der Waals surface area contributed by atoms with E-state index < -0.39 is 0 Å². The fraction of sp³-hybridized carbons (Fsp3) is 0.278. The van der Waals surface area contributed by atoms with Crippen LogP contribution < -0.4 is 14.8 Å². The van der Waals surface area contributed by atoms with Gasteiger partial charge in [-0.1, -0.05) is 35.9 Å². The molecule has 2 aromatic carbocycles. The van der Waals surface area contributed by atoms with Gasteiger partial charge >= 0.3 is 0 Å². The lowest BCUT2D eigenvalue weighted by Gasteiger charge is -2.13. The van der Waals surface area contributed by atoms with Crippen LogP contribution in [-0.2, 0) is 11.3 Å². The Labute approximate surface area is 151 Å². The first-order chi connectivity index (χ1) is 11.7. The van der Waals surface area contributed by atoms with E-state index in [1.165, 1.54) is 0 Å². The maximum atomic E-state index is 12.0. The summed E-state index contributed by atoms with van der Waals surface area (Å²) in [4.78, 5) is 13.0. The molecule has 1 amide bonds. The number of ether oxygens (including phenoxy) is 2. The van der Waals surface area contributed by atoms with Gasteiger partial charge in [-0.25, -0.2) is 0 Å². The minimum absolute atomic E-state index is 0.0144. The van der Waals surface area contributed by atoms with Gasteiger partial charge in [0, 0.05) is 29.2 Å². The van der Waals surface area contributed by atoms with E-state index in [1.807, 2.05) is 42.5 Å².